The molecule has 1 N–H and O–H groups in total. The number of hydrogen-bond donors (Lipinski definition) is 1. The fourth-order valence-corrected chi connectivity index (χ4v) is 5.95. The van der Waals surface area contributed by atoms with Crippen molar-refractivity contribution in [1.29, 1.82) is 0 Å². The molecule has 0 radical (unpaired) electrons. The van der Waals surface area contributed by atoms with Crippen LogP contribution in [0.1, 0.15) is 24.0 Å². The van der Waals surface area contributed by atoms with Crippen molar-refractivity contribution in [1.82, 2.24) is 9.88 Å². The minimum Gasteiger partial charge on any atom is -0.366 e. The molecule has 1 fully saturated rings. The number of nitrogens with zero attached hydrogens (tertiary/aromatic N) is 2. The van der Waals surface area contributed by atoms with Crippen molar-refractivity contribution in [3.63, 3.8) is 0 Å². The second kappa shape index (κ2) is 9.47. The Morgan fingerprint density at radius 3 is 2.56 bits per heavy atom. The smallest absolute Gasteiger partial charge is 0.272 e. The average Bonchev–Trinajstić information content (AvgIpc) is 2.92. The molecule has 1 atom stereocenters. The maximum absolute atomic E-state index is 13.6. The van der Waals surface area contributed by atoms with E-state index < -0.39 is 0 Å². The summed E-state index contributed by atoms with van der Waals surface area (Å²) in [6.45, 7) is 2.68. The number of carbonyl (C=O) groups excluding carboxylic acids is 1. The third kappa shape index (κ3) is 4.18. The van der Waals surface area contributed by atoms with Crippen LogP contribution in [-0.2, 0) is 17.8 Å². The maximum Gasteiger partial charge on any atom is 0.272 e. The molecule has 0 spiro atoms. The Labute approximate surface area is 215 Å². The molecule has 5 nitrogen and oxygen atoms in total. The molecule has 3 aromatic carbocycles. The first kappa shape index (κ1) is 22.9. The van der Waals surface area contributed by atoms with Crippen LogP contribution in [0.15, 0.2) is 77.6 Å². The van der Waals surface area contributed by atoms with Crippen molar-refractivity contribution < 1.29 is 4.79 Å². The van der Waals surface area contributed by atoms with E-state index in [4.69, 9.17) is 11.6 Å². The number of amides is 1. The van der Waals surface area contributed by atoms with Gasteiger partial charge in [0.2, 0.25) is 5.91 Å². The molecular weight excluding hydrogens is 470 g/mol. The number of nitrogens with one attached hydrogen (secondary N) is 1. The van der Waals surface area contributed by atoms with Crippen LogP contribution in [0.5, 0.6) is 0 Å². The Morgan fingerprint density at radius 1 is 0.944 bits per heavy atom. The molecule has 36 heavy (non-hydrogen) atoms. The van der Waals surface area contributed by atoms with E-state index in [1.807, 2.05) is 53.4 Å². The summed E-state index contributed by atoms with van der Waals surface area (Å²) in [6, 6.07) is 23.9. The summed E-state index contributed by atoms with van der Waals surface area (Å²) < 4.78 is 0. The van der Waals surface area contributed by atoms with E-state index in [0.717, 1.165) is 54.4 Å². The molecule has 2 aliphatic heterocycles. The van der Waals surface area contributed by atoms with E-state index >= 15 is 0 Å². The maximum atomic E-state index is 13.6. The van der Waals surface area contributed by atoms with Gasteiger partial charge in [-0.25, -0.2) is 0 Å². The van der Waals surface area contributed by atoms with Crippen molar-refractivity contribution in [2.75, 3.05) is 24.5 Å². The molecule has 1 aromatic heterocycles. The van der Waals surface area contributed by atoms with Crippen LogP contribution in [0.3, 0.4) is 0 Å². The number of aromatic nitrogens is 1. The van der Waals surface area contributed by atoms with E-state index in [-0.39, 0.29) is 17.4 Å². The first-order valence-corrected chi connectivity index (χ1v) is 13.0. The number of fused-ring (bicyclic) bond motifs is 2. The number of H-pyrrole nitrogens is 1. The zero-order valence-corrected chi connectivity index (χ0v) is 20.8. The number of benzene rings is 3. The minimum absolute atomic E-state index is 0.135. The Hall–Kier alpha value is -3.57. The van der Waals surface area contributed by atoms with E-state index in [1.54, 1.807) is 6.07 Å². The van der Waals surface area contributed by atoms with Crippen molar-refractivity contribution in [3.05, 3.63) is 99.3 Å². The van der Waals surface area contributed by atoms with Gasteiger partial charge >= 0.3 is 0 Å². The highest BCUT2D eigenvalue weighted by atomic mass is 35.5. The van der Waals surface area contributed by atoms with Crippen LogP contribution < -0.4 is 10.5 Å². The van der Waals surface area contributed by atoms with E-state index in [0.29, 0.717) is 23.8 Å². The zero-order chi connectivity index (χ0) is 24.6. The van der Waals surface area contributed by atoms with Gasteiger partial charge < -0.3 is 14.8 Å². The van der Waals surface area contributed by atoms with Gasteiger partial charge in [-0.2, -0.15) is 0 Å². The largest absolute Gasteiger partial charge is 0.366 e. The molecule has 0 aliphatic carbocycles. The van der Waals surface area contributed by atoms with E-state index in [1.165, 1.54) is 11.1 Å². The predicted molar refractivity (Wildman–Crippen MR) is 146 cm³/mol. The van der Waals surface area contributed by atoms with Crippen molar-refractivity contribution in [2.45, 2.75) is 25.8 Å². The van der Waals surface area contributed by atoms with Gasteiger partial charge in [-0.1, -0.05) is 66.2 Å². The molecule has 2 aliphatic rings. The second-order valence-corrected chi connectivity index (χ2v) is 10.2. The molecule has 1 amide bonds. The molecule has 1 saturated heterocycles. The zero-order valence-electron chi connectivity index (χ0n) is 20.0. The lowest BCUT2D eigenvalue weighted by Crippen LogP contribution is -2.47. The predicted octanol–water partition coefficient (Wildman–Crippen LogP) is 5.65. The fourth-order valence-electron chi connectivity index (χ4n) is 5.78. The number of halogens is 1. The summed E-state index contributed by atoms with van der Waals surface area (Å²) in [4.78, 5) is 34.3. The molecule has 1 unspecified atom stereocenters. The van der Waals surface area contributed by atoms with Crippen LogP contribution in [0.25, 0.3) is 22.0 Å². The van der Waals surface area contributed by atoms with Gasteiger partial charge in [-0.15, -0.1) is 0 Å². The number of pyridine rings is 1. The highest BCUT2D eigenvalue weighted by Crippen LogP contribution is 2.37. The van der Waals surface area contributed by atoms with Gasteiger partial charge in [0.15, 0.2) is 0 Å². The third-order valence-corrected chi connectivity index (χ3v) is 7.78. The van der Waals surface area contributed by atoms with Gasteiger partial charge in [0.1, 0.15) is 5.69 Å². The lowest BCUT2D eigenvalue weighted by molar-refractivity contribution is -0.136. The summed E-state index contributed by atoms with van der Waals surface area (Å²) in [6.07, 6.45) is 2.59. The molecular formula is C30H28ClN3O2. The summed E-state index contributed by atoms with van der Waals surface area (Å²) in [7, 11) is 0. The number of aromatic amines is 1. The molecule has 0 saturated carbocycles. The lowest BCUT2D eigenvalue weighted by atomic mass is 9.92. The standard InChI is InChI=1S/C30H28ClN3O2/c31-24-12-13-26-25(17-24)27(21-8-2-1-3-9-21)28(29(35)32-26)33-15-6-11-23(19-33)30(36)34-16-14-20-7-4-5-10-22(20)18-34/h1-5,7-10,12-13,17,23H,6,11,14-16,18-19H2,(H,32,35). The Bertz CT molecular complexity index is 1500. The van der Waals surface area contributed by atoms with E-state index in [2.05, 4.69) is 28.1 Å². The van der Waals surface area contributed by atoms with E-state index in [9.17, 15) is 9.59 Å². The second-order valence-electron chi connectivity index (χ2n) is 9.80. The first-order valence-electron chi connectivity index (χ1n) is 12.6. The number of piperidine rings is 1. The SMILES string of the molecule is O=C(C1CCCN(c2c(-c3ccccc3)c3cc(Cl)ccc3[nH]c2=O)C1)N1CCc2ccccc2C1. The highest BCUT2D eigenvalue weighted by molar-refractivity contribution is 6.31. The molecule has 0 bridgehead atoms. The minimum atomic E-state index is -0.137. The van der Waals surface area contributed by atoms with Crippen LogP contribution in [-0.4, -0.2) is 35.4 Å². The van der Waals surface area contributed by atoms with Gasteiger partial charge in [-0.3, -0.25) is 9.59 Å². The van der Waals surface area contributed by atoms with Crippen molar-refractivity contribution in [3.8, 4) is 11.1 Å². The van der Waals surface area contributed by atoms with Crippen molar-refractivity contribution in [2.24, 2.45) is 5.92 Å². The lowest BCUT2D eigenvalue weighted by Gasteiger charge is -2.38. The Kier molecular flexibility index (Phi) is 6.02. The fraction of sp³-hybridized carbons (Fsp3) is 0.267. The monoisotopic (exact) mass is 497 g/mol. The van der Waals surface area contributed by atoms with Gasteiger partial charge in [0.25, 0.3) is 5.56 Å². The number of anilines is 1. The molecule has 6 rings (SSSR count). The topological polar surface area (TPSA) is 56.4 Å². The normalized spacial score (nSPS) is 17.8. The summed E-state index contributed by atoms with van der Waals surface area (Å²) in [5.74, 6) is 0.0535. The number of carbonyl (C=O) groups is 1. The first-order chi connectivity index (χ1) is 17.6. The highest BCUT2D eigenvalue weighted by Gasteiger charge is 2.33. The third-order valence-electron chi connectivity index (χ3n) is 7.54. The summed E-state index contributed by atoms with van der Waals surface area (Å²) >= 11 is 6.39. The molecule has 3 heterocycles. The Balaban J connectivity index is 1.36. The molecule has 6 heteroatoms. The number of rotatable bonds is 3. The van der Waals surface area contributed by atoms with Crippen LogP contribution in [0, 0.1) is 5.92 Å². The van der Waals surface area contributed by atoms with Gasteiger partial charge in [0, 0.05) is 47.7 Å². The summed E-state index contributed by atoms with van der Waals surface area (Å²) in [5.41, 5.74) is 5.65. The summed E-state index contributed by atoms with van der Waals surface area (Å²) in [5, 5.41) is 1.53. The van der Waals surface area contributed by atoms with Crippen LogP contribution in [0.4, 0.5) is 5.69 Å². The number of hydrogen-bond acceptors (Lipinski definition) is 3. The van der Waals surface area contributed by atoms with Crippen LogP contribution >= 0.6 is 11.6 Å². The quantitative estimate of drug-likeness (QED) is 0.398. The van der Waals surface area contributed by atoms with Crippen molar-refractivity contribution >= 4 is 34.1 Å². The van der Waals surface area contributed by atoms with Gasteiger partial charge in [0.05, 0.1) is 5.92 Å². The van der Waals surface area contributed by atoms with Crippen LogP contribution in [0.2, 0.25) is 5.02 Å². The van der Waals surface area contributed by atoms with Gasteiger partial charge in [-0.05, 0) is 54.2 Å². The Morgan fingerprint density at radius 2 is 1.72 bits per heavy atom. The average molecular weight is 498 g/mol. The molecule has 4 aromatic rings. The molecule has 182 valence electrons.